The van der Waals surface area contributed by atoms with Crippen molar-refractivity contribution >= 4 is 11.2 Å². The molecule has 146 valence electrons. The zero-order valence-corrected chi connectivity index (χ0v) is 16.3. The lowest BCUT2D eigenvalue weighted by Gasteiger charge is -2.12. The molecular weight excluding hydrogens is 364 g/mol. The van der Waals surface area contributed by atoms with Gasteiger partial charge in [0.1, 0.15) is 0 Å². The predicted molar refractivity (Wildman–Crippen MR) is 113 cm³/mol. The molecule has 0 bridgehead atoms. The minimum absolute atomic E-state index is 0.255. The number of para-hydroxylation sites is 1. The molecule has 0 aliphatic heterocycles. The Morgan fingerprint density at radius 1 is 1.03 bits per heavy atom. The van der Waals surface area contributed by atoms with Gasteiger partial charge in [0, 0.05) is 13.1 Å². The fourth-order valence-electron chi connectivity index (χ4n) is 3.84. The van der Waals surface area contributed by atoms with Gasteiger partial charge in [-0.2, -0.15) is 0 Å². The van der Waals surface area contributed by atoms with Gasteiger partial charge in [0.2, 0.25) is 0 Å². The van der Waals surface area contributed by atoms with E-state index in [-0.39, 0.29) is 11.2 Å². The molecule has 6 heteroatoms. The van der Waals surface area contributed by atoms with Crippen LogP contribution in [0.5, 0.6) is 0 Å². The second-order valence-corrected chi connectivity index (χ2v) is 7.85. The average molecular weight is 386 g/mol. The molecule has 29 heavy (non-hydrogen) atoms. The maximum atomic E-state index is 13.3. The quantitative estimate of drug-likeness (QED) is 0.529. The van der Waals surface area contributed by atoms with E-state index >= 15 is 0 Å². The highest BCUT2D eigenvalue weighted by Gasteiger charge is 2.26. The smallest absolute Gasteiger partial charge is 0.320 e. The van der Waals surface area contributed by atoms with Crippen LogP contribution in [0, 0.1) is 12.8 Å². The highest BCUT2D eigenvalue weighted by Crippen LogP contribution is 2.30. The molecule has 2 heterocycles. The molecule has 0 spiro atoms. The van der Waals surface area contributed by atoms with E-state index < -0.39 is 0 Å². The Labute approximate surface area is 167 Å². The summed E-state index contributed by atoms with van der Waals surface area (Å²) in [7, 11) is 0. The van der Waals surface area contributed by atoms with Crippen molar-refractivity contribution in [2.24, 2.45) is 5.92 Å². The molecule has 5 rings (SSSR count). The topological polar surface area (TPSA) is 61.8 Å². The molecule has 1 saturated carbocycles. The van der Waals surface area contributed by atoms with Crippen molar-refractivity contribution in [1.29, 1.82) is 0 Å². The van der Waals surface area contributed by atoms with Crippen LogP contribution in [0.25, 0.3) is 16.9 Å². The number of imidazole rings is 1. The summed E-state index contributed by atoms with van der Waals surface area (Å²) < 4.78 is 4.81. The first-order valence-electron chi connectivity index (χ1n) is 9.93. The molecule has 0 radical (unpaired) electrons. The zero-order chi connectivity index (χ0) is 20.0. The van der Waals surface area contributed by atoms with Crippen molar-refractivity contribution in [1.82, 2.24) is 18.7 Å². The highest BCUT2D eigenvalue weighted by atomic mass is 16.2. The van der Waals surface area contributed by atoms with Gasteiger partial charge in [-0.25, -0.2) is 14.3 Å². The molecule has 4 aromatic rings. The third-order valence-electron chi connectivity index (χ3n) is 5.49. The fraction of sp³-hybridized carbons (Fsp3) is 0.261. The molecule has 0 N–H and O–H groups in total. The van der Waals surface area contributed by atoms with Gasteiger partial charge in [0.05, 0.1) is 12.0 Å². The van der Waals surface area contributed by atoms with E-state index in [1.165, 1.54) is 10.1 Å². The van der Waals surface area contributed by atoms with E-state index in [1.54, 1.807) is 10.9 Å². The summed E-state index contributed by atoms with van der Waals surface area (Å²) in [5, 5.41) is 0. The van der Waals surface area contributed by atoms with Gasteiger partial charge < -0.3 is 4.57 Å². The highest BCUT2D eigenvalue weighted by molar-refractivity contribution is 5.72. The summed E-state index contributed by atoms with van der Waals surface area (Å²) in [5.74, 6) is 0.412. The molecular formula is C23H22N4O2. The lowest BCUT2D eigenvalue weighted by atomic mass is 10.1. The Bertz CT molecular complexity index is 1310. The summed E-state index contributed by atoms with van der Waals surface area (Å²) in [4.78, 5) is 31.1. The first-order chi connectivity index (χ1) is 14.1. The van der Waals surface area contributed by atoms with E-state index in [0.29, 0.717) is 35.9 Å². The molecule has 1 aliphatic carbocycles. The van der Waals surface area contributed by atoms with Crippen molar-refractivity contribution < 1.29 is 0 Å². The summed E-state index contributed by atoms with van der Waals surface area (Å²) in [6.07, 6.45) is 3.80. The molecule has 6 nitrogen and oxygen atoms in total. The summed E-state index contributed by atoms with van der Waals surface area (Å²) in [5.41, 5.74) is 3.28. The molecule has 0 amide bonds. The van der Waals surface area contributed by atoms with Gasteiger partial charge in [0.15, 0.2) is 11.2 Å². The monoisotopic (exact) mass is 386 g/mol. The number of aromatic nitrogens is 4. The average Bonchev–Trinajstić information content (AvgIpc) is 3.45. The first kappa shape index (κ1) is 17.7. The maximum Gasteiger partial charge on any atom is 0.337 e. The molecule has 2 aromatic carbocycles. The van der Waals surface area contributed by atoms with Gasteiger partial charge in [-0.3, -0.25) is 9.36 Å². The van der Waals surface area contributed by atoms with Crippen LogP contribution < -0.4 is 11.2 Å². The Kier molecular flexibility index (Phi) is 4.19. The molecule has 1 fully saturated rings. The fourth-order valence-corrected chi connectivity index (χ4v) is 3.84. The summed E-state index contributed by atoms with van der Waals surface area (Å²) in [6, 6.07) is 17.6. The number of rotatable bonds is 5. The third kappa shape index (κ3) is 3.20. The Morgan fingerprint density at radius 3 is 2.55 bits per heavy atom. The summed E-state index contributed by atoms with van der Waals surface area (Å²) >= 11 is 0. The Morgan fingerprint density at radius 2 is 1.83 bits per heavy atom. The number of nitrogens with zero attached hydrogens (tertiary/aromatic N) is 4. The molecule has 2 aromatic heterocycles. The van der Waals surface area contributed by atoms with E-state index in [9.17, 15) is 9.59 Å². The van der Waals surface area contributed by atoms with Gasteiger partial charge in [-0.1, -0.05) is 48.0 Å². The Balaban J connectivity index is 1.75. The normalized spacial score (nSPS) is 13.8. The molecule has 0 saturated heterocycles. The van der Waals surface area contributed by atoms with Crippen LogP contribution >= 0.6 is 0 Å². The Hall–Kier alpha value is -3.41. The second kappa shape index (κ2) is 6.88. The number of hydrogen-bond acceptors (Lipinski definition) is 3. The van der Waals surface area contributed by atoms with Crippen molar-refractivity contribution in [3.8, 4) is 5.69 Å². The second-order valence-electron chi connectivity index (χ2n) is 7.85. The van der Waals surface area contributed by atoms with Crippen LogP contribution in [0.2, 0.25) is 0 Å². The van der Waals surface area contributed by atoms with E-state index in [4.69, 9.17) is 0 Å². The predicted octanol–water partition coefficient (Wildman–Crippen LogP) is 3.12. The van der Waals surface area contributed by atoms with Crippen molar-refractivity contribution in [3.05, 3.63) is 92.9 Å². The SMILES string of the molecule is Cc1cccc(Cn2cnc3c2c(=O)n(CC2CC2)c(=O)n3-c2ccccc2)c1. The molecule has 0 atom stereocenters. The minimum Gasteiger partial charge on any atom is -0.320 e. The van der Waals surface area contributed by atoms with E-state index in [1.807, 2.05) is 60.0 Å². The standard InChI is InChI=1S/C23H22N4O2/c1-16-6-5-7-18(12-16)13-25-15-24-21-20(25)22(28)26(14-17-10-11-17)23(29)27(21)19-8-3-2-4-9-19/h2-9,12,15,17H,10-11,13-14H2,1H3. The molecule has 1 aliphatic rings. The first-order valence-corrected chi connectivity index (χ1v) is 9.93. The zero-order valence-electron chi connectivity index (χ0n) is 16.3. The minimum atomic E-state index is -0.318. The lowest BCUT2D eigenvalue weighted by Crippen LogP contribution is -2.40. The number of benzene rings is 2. The van der Waals surface area contributed by atoms with Crippen molar-refractivity contribution in [2.45, 2.75) is 32.9 Å². The van der Waals surface area contributed by atoms with Crippen molar-refractivity contribution in [3.63, 3.8) is 0 Å². The van der Waals surface area contributed by atoms with Gasteiger partial charge in [-0.05, 0) is 43.4 Å². The number of aryl methyl sites for hydroxylation is 1. The van der Waals surface area contributed by atoms with E-state index in [2.05, 4.69) is 11.1 Å². The largest absolute Gasteiger partial charge is 0.337 e. The van der Waals surface area contributed by atoms with Gasteiger partial charge in [0.25, 0.3) is 5.56 Å². The van der Waals surface area contributed by atoms with Crippen molar-refractivity contribution in [2.75, 3.05) is 0 Å². The lowest BCUT2D eigenvalue weighted by molar-refractivity contribution is 0.567. The van der Waals surface area contributed by atoms with Crippen LogP contribution in [0.1, 0.15) is 24.0 Å². The third-order valence-corrected chi connectivity index (χ3v) is 5.49. The van der Waals surface area contributed by atoms with Crippen LogP contribution in [0.4, 0.5) is 0 Å². The maximum absolute atomic E-state index is 13.3. The number of fused-ring (bicyclic) bond motifs is 1. The van der Waals surface area contributed by atoms with Gasteiger partial charge in [-0.15, -0.1) is 0 Å². The number of hydrogen-bond donors (Lipinski definition) is 0. The van der Waals surface area contributed by atoms with Crippen LogP contribution in [-0.2, 0) is 13.1 Å². The van der Waals surface area contributed by atoms with Gasteiger partial charge >= 0.3 is 5.69 Å². The summed E-state index contributed by atoms with van der Waals surface area (Å²) in [6.45, 7) is 3.05. The van der Waals surface area contributed by atoms with Crippen LogP contribution in [-0.4, -0.2) is 18.7 Å². The van der Waals surface area contributed by atoms with Crippen LogP contribution in [0.3, 0.4) is 0 Å². The van der Waals surface area contributed by atoms with E-state index in [0.717, 1.165) is 18.4 Å². The molecule has 0 unspecified atom stereocenters. The van der Waals surface area contributed by atoms with Crippen LogP contribution in [0.15, 0.2) is 70.5 Å².